The van der Waals surface area contributed by atoms with E-state index in [9.17, 15) is 9.67 Å². The van der Waals surface area contributed by atoms with Crippen LogP contribution in [0, 0.1) is 0 Å². The van der Waals surface area contributed by atoms with E-state index >= 15 is 0 Å². The second-order valence-corrected chi connectivity index (χ2v) is 10.3. The highest BCUT2D eigenvalue weighted by Crippen LogP contribution is 2.59. The molecular formula is C26H23O2P. The Morgan fingerprint density at radius 2 is 1.17 bits per heavy atom. The molecule has 144 valence electrons. The lowest BCUT2D eigenvalue weighted by Gasteiger charge is -2.27. The zero-order valence-corrected chi connectivity index (χ0v) is 17.2. The summed E-state index contributed by atoms with van der Waals surface area (Å²) in [6.45, 7) is 1.81. The molecule has 4 aromatic rings. The molecule has 0 aliphatic carbocycles. The van der Waals surface area contributed by atoms with Gasteiger partial charge in [0.2, 0.25) is 0 Å². The molecule has 0 heterocycles. The van der Waals surface area contributed by atoms with E-state index in [0.29, 0.717) is 5.56 Å². The molecule has 0 saturated heterocycles. The second-order valence-electron chi connectivity index (χ2n) is 7.28. The van der Waals surface area contributed by atoms with Gasteiger partial charge in [-0.15, -0.1) is 0 Å². The van der Waals surface area contributed by atoms with Crippen molar-refractivity contribution in [1.82, 2.24) is 0 Å². The van der Waals surface area contributed by atoms with Gasteiger partial charge in [-0.3, -0.25) is 0 Å². The minimum absolute atomic E-state index is 0.169. The number of hydrogen-bond acceptors (Lipinski definition) is 2. The lowest BCUT2D eigenvalue weighted by atomic mass is 9.99. The van der Waals surface area contributed by atoms with E-state index in [0.717, 1.165) is 22.0 Å². The van der Waals surface area contributed by atoms with Crippen molar-refractivity contribution >= 4 is 12.4 Å². The molecule has 0 aliphatic rings. The molecule has 0 amide bonds. The first kappa shape index (κ1) is 19.2. The fraction of sp³-hybridized carbons (Fsp3) is 0.0769. The smallest absolute Gasteiger partial charge is 0.124 e. The van der Waals surface area contributed by atoms with Crippen LogP contribution in [0.25, 0.3) is 11.1 Å². The Morgan fingerprint density at radius 3 is 1.79 bits per heavy atom. The first-order valence-electron chi connectivity index (χ1n) is 9.63. The summed E-state index contributed by atoms with van der Waals surface area (Å²) in [6, 6.07) is 35.1. The summed E-state index contributed by atoms with van der Waals surface area (Å²) in [5.74, 6) is 0.169. The Hall–Kier alpha value is -3.09. The quantitative estimate of drug-likeness (QED) is 0.391. The number of phenols is 1. The van der Waals surface area contributed by atoms with E-state index in [2.05, 4.69) is 24.3 Å². The predicted octanol–water partition coefficient (Wildman–Crippen LogP) is 6.47. The first-order chi connectivity index (χ1) is 14.1. The van der Waals surface area contributed by atoms with Crippen LogP contribution in [0.2, 0.25) is 0 Å². The number of benzene rings is 4. The Labute approximate surface area is 171 Å². The molecule has 4 rings (SSSR count). The Morgan fingerprint density at radius 1 is 0.655 bits per heavy atom. The van der Waals surface area contributed by atoms with E-state index < -0.39 is 12.8 Å². The van der Waals surface area contributed by atoms with Crippen LogP contribution >= 0.6 is 7.14 Å². The van der Waals surface area contributed by atoms with Crippen LogP contribution in [-0.4, -0.2) is 11.8 Å². The lowest BCUT2D eigenvalue weighted by molar-refractivity contribution is 0.468. The van der Waals surface area contributed by atoms with Crippen molar-refractivity contribution < 1.29 is 9.67 Å². The third kappa shape index (κ3) is 3.90. The van der Waals surface area contributed by atoms with Crippen molar-refractivity contribution in [3.8, 4) is 16.9 Å². The maximum atomic E-state index is 14.1. The normalized spacial score (nSPS) is 14.1. The van der Waals surface area contributed by atoms with Gasteiger partial charge < -0.3 is 9.67 Å². The molecule has 0 radical (unpaired) electrons. The summed E-state index contributed by atoms with van der Waals surface area (Å²) < 4.78 is 14.1. The van der Waals surface area contributed by atoms with Crippen molar-refractivity contribution in [2.45, 2.75) is 5.66 Å². The van der Waals surface area contributed by atoms with Crippen molar-refractivity contribution in [2.24, 2.45) is 0 Å². The highest BCUT2D eigenvalue weighted by atomic mass is 31.2. The zero-order chi connectivity index (χ0) is 20.3. The molecular weight excluding hydrogens is 375 g/mol. The van der Waals surface area contributed by atoms with E-state index in [-0.39, 0.29) is 5.75 Å². The Bertz CT molecular complexity index is 1140. The third-order valence-electron chi connectivity index (χ3n) is 5.33. The minimum Gasteiger partial charge on any atom is -0.508 e. The Balaban J connectivity index is 1.83. The first-order valence-corrected chi connectivity index (χ1v) is 11.9. The van der Waals surface area contributed by atoms with Crippen LogP contribution in [0.5, 0.6) is 5.75 Å². The van der Waals surface area contributed by atoms with Gasteiger partial charge in [-0.1, -0.05) is 103 Å². The molecule has 0 saturated carbocycles. The number of phenolic OH excluding ortho intramolecular Hbond substituents is 1. The van der Waals surface area contributed by atoms with Crippen LogP contribution in [0.15, 0.2) is 109 Å². The van der Waals surface area contributed by atoms with Gasteiger partial charge in [0.1, 0.15) is 12.9 Å². The monoisotopic (exact) mass is 398 g/mol. The van der Waals surface area contributed by atoms with E-state index in [1.54, 1.807) is 12.1 Å². The summed E-state index contributed by atoms with van der Waals surface area (Å²) in [5.41, 5.74) is 3.45. The molecule has 0 bridgehead atoms. The molecule has 0 aromatic heterocycles. The molecule has 29 heavy (non-hydrogen) atoms. The van der Waals surface area contributed by atoms with Crippen LogP contribution < -0.4 is 5.30 Å². The topological polar surface area (TPSA) is 37.3 Å². The van der Waals surface area contributed by atoms with E-state index in [1.165, 1.54) is 0 Å². The maximum Gasteiger partial charge on any atom is 0.124 e. The molecule has 0 spiro atoms. The summed E-state index contributed by atoms with van der Waals surface area (Å²) in [5, 5.41) is 11.4. The van der Waals surface area contributed by atoms with E-state index in [4.69, 9.17) is 0 Å². The van der Waals surface area contributed by atoms with Crippen molar-refractivity contribution in [3.63, 3.8) is 0 Å². The summed E-state index contributed by atoms with van der Waals surface area (Å²) in [7, 11) is -2.87. The van der Waals surface area contributed by atoms with Gasteiger partial charge in [-0.05, 0) is 29.4 Å². The van der Waals surface area contributed by atoms with Gasteiger partial charge in [-0.2, -0.15) is 0 Å². The van der Waals surface area contributed by atoms with Crippen molar-refractivity contribution in [3.05, 3.63) is 120 Å². The van der Waals surface area contributed by atoms with E-state index in [1.807, 2.05) is 79.5 Å². The van der Waals surface area contributed by atoms with Gasteiger partial charge >= 0.3 is 0 Å². The maximum absolute atomic E-state index is 14.1. The summed E-state index contributed by atoms with van der Waals surface area (Å²) in [6.07, 6.45) is 0. The largest absolute Gasteiger partial charge is 0.508 e. The molecule has 2 nitrogen and oxygen atoms in total. The van der Waals surface area contributed by atoms with Crippen LogP contribution in [0.4, 0.5) is 0 Å². The summed E-state index contributed by atoms with van der Waals surface area (Å²) >= 11 is 0. The van der Waals surface area contributed by atoms with Gasteiger partial charge in [0.15, 0.2) is 0 Å². The number of rotatable bonds is 5. The Kier molecular flexibility index (Phi) is 5.38. The summed E-state index contributed by atoms with van der Waals surface area (Å²) in [4.78, 5) is 0. The molecule has 1 N–H and O–H groups in total. The van der Waals surface area contributed by atoms with Crippen LogP contribution in [0.1, 0.15) is 16.8 Å². The fourth-order valence-corrected chi connectivity index (χ4v) is 6.36. The number of aromatic hydroxyl groups is 1. The van der Waals surface area contributed by atoms with Gasteiger partial charge in [-0.25, -0.2) is 0 Å². The fourth-order valence-electron chi connectivity index (χ4n) is 3.81. The van der Waals surface area contributed by atoms with Crippen molar-refractivity contribution in [2.75, 3.05) is 6.66 Å². The molecule has 0 aliphatic heterocycles. The molecule has 4 aromatic carbocycles. The standard InChI is InChI=1S/C26H23O2P/c1-29(28,23-12-6-3-7-13-23)26(24-14-8-9-15-25(24)27)22-18-16-21(17-19-22)20-10-4-2-5-11-20/h2-19,26-27H,1H3. The highest BCUT2D eigenvalue weighted by molar-refractivity contribution is 7.71. The second kappa shape index (κ2) is 8.11. The van der Waals surface area contributed by atoms with Gasteiger partial charge in [0.05, 0.1) is 5.66 Å². The van der Waals surface area contributed by atoms with Crippen LogP contribution in [0.3, 0.4) is 0 Å². The average Bonchev–Trinajstić information content (AvgIpc) is 2.77. The minimum atomic E-state index is -2.87. The number of hydrogen-bond donors (Lipinski definition) is 1. The van der Waals surface area contributed by atoms with Gasteiger partial charge in [0, 0.05) is 10.9 Å². The SMILES string of the molecule is CP(=O)(c1ccccc1)C(c1ccc(-c2ccccc2)cc1)c1ccccc1O. The van der Waals surface area contributed by atoms with Crippen LogP contribution in [-0.2, 0) is 4.57 Å². The third-order valence-corrected chi connectivity index (χ3v) is 8.21. The zero-order valence-electron chi connectivity index (χ0n) is 16.3. The predicted molar refractivity (Wildman–Crippen MR) is 121 cm³/mol. The lowest BCUT2D eigenvalue weighted by Crippen LogP contribution is -2.12. The molecule has 0 fully saturated rings. The van der Waals surface area contributed by atoms with Gasteiger partial charge in [0.25, 0.3) is 0 Å². The highest BCUT2D eigenvalue weighted by Gasteiger charge is 2.34. The molecule has 3 heteroatoms. The molecule has 2 atom stereocenters. The molecule has 2 unspecified atom stereocenters. The van der Waals surface area contributed by atoms with Crippen molar-refractivity contribution in [1.29, 1.82) is 0 Å². The average molecular weight is 398 g/mol. The number of para-hydroxylation sites is 1.